The molecule has 21 heavy (non-hydrogen) atoms. The Kier molecular flexibility index (Phi) is 3.54. The third-order valence-electron chi connectivity index (χ3n) is 2.98. The van der Waals surface area contributed by atoms with E-state index >= 15 is 0 Å². The van der Waals surface area contributed by atoms with Gasteiger partial charge >= 0.3 is 0 Å². The SMILES string of the molecule is O=C1CC[C@@H](c2nc(CNC(=O)c3cnccn3)no2)N1. The Morgan fingerprint density at radius 3 is 3.10 bits per heavy atom. The third kappa shape index (κ3) is 3.02. The zero-order valence-corrected chi connectivity index (χ0v) is 10.9. The van der Waals surface area contributed by atoms with Gasteiger partial charge in [-0.15, -0.1) is 0 Å². The fourth-order valence-electron chi connectivity index (χ4n) is 1.95. The van der Waals surface area contributed by atoms with Crippen molar-refractivity contribution in [3.8, 4) is 0 Å². The topological polar surface area (TPSA) is 123 Å². The van der Waals surface area contributed by atoms with Gasteiger partial charge in [0.05, 0.1) is 12.7 Å². The number of hydrogen-bond acceptors (Lipinski definition) is 7. The van der Waals surface area contributed by atoms with Gasteiger partial charge in [0.1, 0.15) is 11.7 Å². The monoisotopic (exact) mass is 288 g/mol. The van der Waals surface area contributed by atoms with Gasteiger partial charge in [-0.1, -0.05) is 5.16 Å². The number of rotatable bonds is 4. The van der Waals surface area contributed by atoms with Crippen molar-refractivity contribution >= 4 is 11.8 Å². The minimum absolute atomic E-state index is 0.0318. The maximum atomic E-state index is 11.8. The van der Waals surface area contributed by atoms with E-state index in [0.29, 0.717) is 24.6 Å². The van der Waals surface area contributed by atoms with Crippen LogP contribution in [0, 0.1) is 0 Å². The molecule has 1 aliphatic rings. The van der Waals surface area contributed by atoms with E-state index in [1.54, 1.807) is 0 Å². The first-order valence-corrected chi connectivity index (χ1v) is 6.38. The molecule has 1 atom stereocenters. The number of aromatic nitrogens is 4. The number of carbonyl (C=O) groups excluding carboxylic acids is 2. The molecular weight excluding hydrogens is 276 g/mol. The highest BCUT2D eigenvalue weighted by atomic mass is 16.5. The van der Waals surface area contributed by atoms with Gasteiger partial charge in [0.25, 0.3) is 5.91 Å². The molecule has 1 fully saturated rings. The second-order valence-corrected chi connectivity index (χ2v) is 4.48. The predicted molar refractivity (Wildman–Crippen MR) is 67.6 cm³/mol. The molecule has 0 bridgehead atoms. The molecule has 3 heterocycles. The van der Waals surface area contributed by atoms with Crippen molar-refractivity contribution in [2.45, 2.75) is 25.4 Å². The zero-order valence-electron chi connectivity index (χ0n) is 10.9. The van der Waals surface area contributed by atoms with Crippen LogP contribution < -0.4 is 10.6 Å². The van der Waals surface area contributed by atoms with Crippen LogP contribution in [0.2, 0.25) is 0 Å². The Morgan fingerprint density at radius 1 is 1.48 bits per heavy atom. The lowest BCUT2D eigenvalue weighted by molar-refractivity contribution is -0.119. The second kappa shape index (κ2) is 5.65. The van der Waals surface area contributed by atoms with Crippen LogP contribution in [0.4, 0.5) is 0 Å². The van der Waals surface area contributed by atoms with Crippen LogP contribution in [0.15, 0.2) is 23.1 Å². The molecule has 108 valence electrons. The van der Waals surface area contributed by atoms with E-state index in [0.717, 1.165) is 0 Å². The Labute approximate surface area is 119 Å². The molecule has 0 unspecified atom stereocenters. The molecule has 2 aromatic rings. The molecule has 9 nitrogen and oxygen atoms in total. The number of hydrogen-bond donors (Lipinski definition) is 2. The molecule has 2 N–H and O–H groups in total. The maximum absolute atomic E-state index is 11.8. The highest BCUT2D eigenvalue weighted by Crippen LogP contribution is 2.21. The fourth-order valence-corrected chi connectivity index (χ4v) is 1.95. The first-order chi connectivity index (χ1) is 10.2. The summed E-state index contributed by atoms with van der Waals surface area (Å²) in [5.41, 5.74) is 0.212. The van der Waals surface area contributed by atoms with Crippen molar-refractivity contribution in [2.24, 2.45) is 0 Å². The van der Waals surface area contributed by atoms with E-state index < -0.39 is 0 Å². The molecule has 0 spiro atoms. The number of nitrogens with one attached hydrogen (secondary N) is 2. The standard InChI is InChI=1S/C12H12N6O3/c19-10-2-1-7(16-10)12-17-9(18-21-12)6-15-11(20)8-5-13-3-4-14-8/h3-5,7H,1-2,6H2,(H,15,20)(H,16,19)/t7-/m0/s1. The Hall–Kier alpha value is -2.84. The van der Waals surface area contributed by atoms with E-state index in [1.807, 2.05) is 0 Å². The average molecular weight is 288 g/mol. The van der Waals surface area contributed by atoms with Gasteiger partial charge in [0.15, 0.2) is 5.82 Å². The number of amides is 2. The van der Waals surface area contributed by atoms with Crippen LogP contribution in [-0.2, 0) is 11.3 Å². The van der Waals surface area contributed by atoms with Gasteiger partial charge in [-0.2, -0.15) is 4.98 Å². The lowest BCUT2D eigenvalue weighted by Crippen LogP contribution is -2.24. The van der Waals surface area contributed by atoms with Gasteiger partial charge in [0.2, 0.25) is 11.8 Å². The fraction of sp³-hybridized carbons (Fsp3) is 0.333. The van der Waals surface area contributed by atoms with Crippen molar-refractivity contribution < 1.29 is 14.1 Å². The van der Waals surface area contributed by atoms with Crippen LogP contribution in [0.3, 0.4) is 0 Å². The number of nitrogens with zero attached hydrogens (tertiary/aromatic N) is 4. The Bertz CT molecular complexity index is 656. The average Bonchev–Trinajstić information content (AvgIpc) is 3.14. The van der Waals surface area contributed by atoms with Gasteiger partial charge < -0.3 is 15.2 Å². The smallest absolute Gasteiger partial charge is 0.271 e. The molecule has 0 radical (unpaired) electrons. The third-order valence-corrected chi connectivity index (χ3v) is 2.98. The quantitative estimate of drug-likeness (QED) is 0.794. The first-order valence-electron chi connectivity index (χ1n) is 6.38. The van der Waals surface area contributed by atoms with Crippen molar-refractivity contribution in [1.82, 2.24) is 30.7 Å². The predicted octanol–water partition coefficient (Wildman–Crippen LogP) is -0.259. The molecule has 3 rings (SSSR count). The van der Waals surface area contributed by atoms with Gasteiger partial charge in [-0.05, 0) is 6.42 Å². The molecular formula is C12H12N6O3. The van der Waals surface area contributed by atoms with E-state index in [1.165, 1.54) is 18.6 Å². The highest BCUT2D eigenvalue weighted by Gasteiger charge is 2.27. The summed E-state index contributed by atoms with van der Waals surface area (Å²) in [5.74, 6) is 0.285. The second-order valence-electron chi connectivity index (χ2n) is 4.48. The molecule has 0 aromatic carbocycles. The highest BCUT2D eigenvalue weighted by molar-refractivity contribution is 5.91. The summed E-state index contributed by atoms with van der Waals surface area (Å²) in [4.78, 5) is 34.7. The Balaban J connectivity index is 1.58. The van der Waals surface area contributed by atoms with E-state index in [2.05, 4.69) is 30.7 Å². The van der Waals surface area contributed by atoms with Crippen molar-refractivity contribution in [1.29, 1.82) is 0 Å². The van der Waals surface area contributed by atoms with Crippen LogP contribution in [-0.4, -0.2) is 31.9 Å². The minimum Gasteiger partial charge on any atom is -0.344 e. The molecule has 1 saturated heterocycles. The van der Waals surface area contributed by atoms with Crippen molar-refractivity contribution in [2.75, 3.05) is 0 Å². The molecule has 9 heteroatoms. The summed E-state index contributed by atoms with van der Waals surface area (Å²) in [6.45, 7) is 0.111. The molecule has 1 aliphatic heterocycles. The minimum atomic E-state index is -0.372. The van der Waals surface area contributed by atoms with Crippen LogP contribution >= 0.6 is 0 Å². The lowest BCUT2D eigenvalue weighted by atomic mass is 10.2. The van der Waals surface area contributed by atoms with Gasteiger partial charge in [-0.3, -0.25) is 14.6 Å². The van der Waals surface area contributed by atoms with E-state index in [-0.39, 0.29) is 30.1 Å². The largest absolute Gasteiger partial charge is 0.344 e. The van der Waals surface area contributed by atoms with Crippen molar-refractivity contribution in [3.05, 3.63) is 36.0 Å². The van der Waals surface area contributed by atoms with E-state index in [4.69, 9.17) is 4.52 Å². The summed E-state index contributed by atoms with van der Waals surface area (Å²) in [5, 5.41) is 9.11. The number of carbonyl (C=O) groups is 2. The summed E-state index contributed by atoms with van der Waals surface area (Å²) in [6, 6.07) is -0.241. The van der Waals surface area contributed by atoms with Crippen LogP contribution in [0.5, 0.6) is 0 Å². The Morgan fingerprint density at radius 2 is 2.38 bits per heavy atom. The summed E-state index contributed by atoms with van der Waals surface area (Å²) in [7, 11) is 0. The summed E-state index contributed by atoms with van der Waals surface area (Å²) in [6.07, 6.45) is 5.37. The molecule has 0 aliphatic carbocycles. The van der Waals surface area contributed by atoms with Crippen LogP contribution in [0.1, 0.15) is 41.1 Å². The molecule has 2 amide bonds. The van der Waals surface area contributed by atoms with Gasteiger partial charge in [0, 0.05) is 18.8 Å². The first kappa shape index (κ1) is 13.2. The lowest BCUT2D eigenvalue weighted by Gasteiger charge is -2.02. The van der Waals surface area contributed by atoms with Crippen LogP contribution in [0.25, 0.3) is 0 Å². The zero-order chi connectivity index (χ0) is 14.7. The maximum Gasteiger partial charge on any atom is 0.271 e. The molecule has 2 aromatic heterocycles. The summed E-state index contributed by atoms with van der Waals surface area (Å²) < 4.78 is 5.08. The van der Waals surface area contributed by atoms with Crippen molar-refractivity contribution in [3.63, 3.8) is 0 Å². The molecule has 0 saturated carbocycles. The van der Waals surface area contributed by atoms with E-state index in [9.17, 15) is 9.59 Å². The summed E-state index contributed by atoms with van der Waals surface area (Å²) >= 11 is 0. The normalized spacial score (nSPS) is 17.5. The van der Waals surface area contributed by atoms with Gasteiger partial charge in [-0.25, -0.2) is 4.98 Å².